The third-order valence-corrected chi connectivity index (χ3v) is 3.21. The van der Waals surface area contributed by atoms with E-state index in [0.29, 0.717) is 13.1 Å². The largest absolute Gasteiger partial charge is 0.481 e. The van der Waals surface area contributed by atoms with Crippen LogP contribution in [0.5, 0.6) is 0 Å². The molecule has 0 aliphatic carbocycles. The first-order valence-electron chi connectivity index (χ1n) is 5.89. The zero-order valence-corrected chi connectivity index (χ0v) is 9.95. The van der Waals surface area contributed by atoms with E-state index < -0.39 is 11.9 Å². The lowest BCUT2D eigenvalue weighted by molar-refractivity contribution is -0.152. The Bertz CT molecular complexity index is 441. The zero-order valence-electron chi connectivity index (χ0n) is 9.95. The van der Waals surface area contributed by atoms with Gasteiger partial charge >= 0.3 is 5.97 Å². The van der Waals surface area contributed by atoms with Gasteiger partial charge in [0.05, 0.1) is 5.92 Å². The molecule has 1 saturated heterocycles. The summed E-state index contributed by atoms with van der Waals surface area (Å²) in [6.45, 7) is 0.603. The van der Waals surface area contributed by atoms with E-state index in [1.807, 2.05) is 30.3 Å². The van der Waals surface area contributed by atoms with Crippen LogP contribution in [0.2, 0.25) is 0 Å². The Kier molecular flexibility index (Phi) is 3.62. The summed E-state index contributed by atoms with van der Waals surface area (Å²) >= 11 is 0. The number of benzene rings is 1. The molecular formula is C13H16N2O3. The van der Waals surface area contributed by atoms with E-state index in [1.165, 1.54) is 0 Å². The van der Waals surface area contributed by atoms with Gasteiger partial charge in [-0.1, -0.05) is 30.3 Å². The van der Waals surface area contributed by atoms with Gasteiger partial charge in [0.2, 0.25) is 5.91 Å². The van der Waals surface area contributed by atoms with Crippen LogP contribution in [0.4, 0.5) is 0 Å². The molecule has 1 heterocycles. The van der Waals surface area contributed by atoms with Crippen molar-refractivity contribution < 1.29 is 14.7 Å². The van der Waals surface area contributed by atoms with Gasteiger partial charge in [0.1, 0.15) is 0 Å². The molecule has 18 heavy (non-hydrogen) atoms. The molecule has 1 atom stereocenters. The van der Waals surface area contributed by atoms with Crippen LogP contribution >= 0.6 is 0 Å². The molecular weight excluding hydrogens is 232 g/mol. The third kappa shape index (κ3) is 2.68. The Hall–Kier alpha value is -1.88. The fraction of sp³-hybridized carbons (Fsp3) is 0.385. The van der Waals surface area contributed by atoms with Gasteiger partial charge in [0.15, 0.2) is 0 Å². The van der Waals surface area contributed by atoms with E-state index in [4.69, 9.17) is 10.8 Å². The smallest absolute Gasteiger partial charge is 0.310 e. The highest BCUT2D eigenvalue weighted by molar-refractivity contribution is 5.81. The number of carbonyl (C=O) groups excluding carboxylic acids is 1. The molecule has 96 valence electrons. The van der Waals surface area contributed by atoms with Gasteiger partial charge in [0.25, 0.3) is 0 Å². The highest BCUT2D eigenvalue weighted by Gasteiger charge is 2.35. The Morgan fingerprint density at radius 1 is 1.33 bits per heavy atom. The minimum Gasteiger partial charge on any atom is -0.481 e. The van der Waals surface area contributed by atoms with E-state index in [-0.39, 0.29) is 18.4 Å². The summed E-state index contributed by atoms with van der Waals surface area (Å²) in [5.74, 6) is -1.34. The third-order valence-electron chi connectivity index (χ3n) is 3.21. The van der Waals surface area contributed by atoms with Crippen molar-refractivity contribution in [2.45, 2.75) is 12.5 Å². The van der Waals surface area contributed by atoms with Crippen LogP contribution in [-0.2, 0) is 9.59 Å². The molecule has 1 aromatic carbocycles. The van der Waals surface area contributed by atoms with Crippen molar-refractivity contribution in [3.05, 3.63) is 35.9 Å². The van der Waals surface area contributed by atoms with E-state index >= 15 is 0 Å². The van der Waals surface area contributed by atoms with Crippen LogP contribution in [0.15, 0.2) is 30.3 Å². The molecule has 0 aromatic heterocycles. The first kappa shape index (κ1) is 12.6. The van der Waals surface area contributed by atoms with E-state index in [0.717, 1.165) is 5.56 Å². The van der Waals surface area contributed by atoms with Gasteiger partial charge in [-0.3, -0.25) is 9.59 Å². The molecule has 1 unspecified atom stereocenters. The Labute approximate surface area is 105 Å². The molecule has 0 radical (unpaired) electrons. The van der Waals surface area contributed by atoms with Gasteiger partial charge < -0.3 is 15.7 Å². The second kappa shape index (κ2) is 5.18. The molecule has 0 bridgehead atoms. The van der Waals surface area contributed by atoms with Crippen LogP contribution in [0.25, 0.3) is 0 Å². The van der Waals surface area contributed by atoms with Crippen LogP contribution in [0.1, 0.15) is 18.0 Å². The highest BCUT2D eigenvalue weighted by Crippen LogP contribution is 2.20. The number of amides is 1. The van der Waals surface area contributed by atoms with Crippen LogP contribution in [0.3, 0.4) is 0 Å². The minimum absolute atomic E-state index is 0.0798. The number of nitrogens with zero attached hydrogens (tertiary/aromatic N) is 1. The molecule has 5 nitrogen and oxygen atoms in total. The number of hydrogen-bond acceptors (Lipinski definition) is 3. The van der Waals surface area contributed by atoms with Gasteiger partial charge in [-0.2, -0.15) is 0 Å². The number of nitrogens with two attached hydrogens (primary N) is 1. The molecule has 0 saturated carbocycles. The second-order valence-electron chi connectivity index (χ2n) is 4.56. The van der Waals surface area contributed by atoms with Crippen molar-refractivity contribution in [3.63, 3.8) is 0 Å². The summed E-state index contributed by atoms with van der Waals surface area (Å²) in [7, 11) is 0. The van der Waals surface area contributed by atoms with E-state index in [9.17, 15) is 9.59 Å². The standard InChI is InChI=1S/C13H16N2O3/c14-11(9-4-2-1-3-5-9)6-12(16)15-7-10(8-15)13(17)18/h1-5,10-11H,6-8,14H2,(H,17,18). The van der Waals surface area contributed by atoms with E-state index in [1.54, 1.807) is 4.90 Å². The summed E-state index contributed by atoms with van der Waals surface area (Å²) in [6, 6.07) is 9.09. The SMILES string of the molecule is NC(CC(=O)N1CC(C(=O)O)C1)c1ccccc1. The monoisotopic (exact) mass is 248 g/mol. The van der Waals surface area contributed by atoms with Crippen molar-refractivity contribution in [3.8, 4) is 0 Å². The number of carboxylic acid groups (broad SMARTS) is 1. The van der Waals surface area contributed by atoms with Gasteiger partial charge in [0, 0.05) is 25.6 Å². The molecule has 1 aliphatic rings. The van der Waals surface area contributed by atoms with Crippen LogP contribution in [0, 0.1) is 5.92 Å². The molecule has 3 N–H and O–H groups in total. The van der Waals surface area contributed by atoms with Gasteiger partial charge in [-0.15, -0.1) is 0 Å². The molecule has 1 aliphatic heterocycles. The number of carboxylic acids is 1. The maximum Gasteiger partial charge on any atom is 0.310 e. The molecule has 0 spiro atoms. The van der Waals surface area contributed by atoms with E-state index in [2.05, 4.69) is 0 Å². The first-order chi connectivity index (χ1) is 8.58. The quantitative estimate of drug-likeness (QED) is 0.818. The number of likely N-dealkylation sites (tertiary alicyclic amines) is 1. The van der Waals surface area contributed by atoms with Crippen molar-refractivity contribution in [1.82, 2.24) is 4.90 Å². The minimum atomic E-state index is -0.841. The second-order valence-corrected chi connectivity index (χ2v) is 4.56. The lowest BCUT2D eigenvalue weighted by Crippen LogP contribution is -2.53. The van der Waals surface area contributed by atoms with Crippen molar-refractivity contribution >= 4 is 11.9 Å². The number of aliphatic carboxylic acids is 1. The van der Waals surface area contributed by atoms with Crippen molar-refractivity contribution in [2.24, 2.45) is 11.7 Å². The highest BCUT2D eigenvalue weighted by atomic mass is 16.4. The van der Waals surface area contributed by atoms with Crippen LogP contribution in [-0.4, -0.2) is 35.0 Å². The van der Waals surface area contributed by atoms with Gasteiger partial charge in [-0.25, -0.2) is 0 Å². The fourth-order valence-corrected chi connectivity index (χ4v) is 1.97. The lowest BCUT2D eigenvalue weighted by atomic mass is 9.98. The summed E-state index contributed by atoms with van der Waals surface area (Å²) in [5, 5.41) is 8.73. The Morgan fingerprint density at radius 3 is 2.50 bits per heavy atom. The molecule has 2 rings (SSSR count). The topological polar surface area (TPSA) is 83.6 Å². The average molecular weight is 248 g/mol. The maximum atomic E-state index is 11.8. The maximum absolute atomic E-state index is 11.8. The fourth-order valence-electron chi connectivity index (χ4n) is 1.97. The van der Waals surface area contributed by atoms with Crippen molar-refractivity contribution in [2.75, 3.05) is 13.1 Å². The predicted octanol–water partition coefficient (Wildman–Crippen LogP) is 0.620. The number of hydrogen-bond donors (Lipinski definition) is 2. The van der Waals surface area contributed by atoms with Crippen molar-refractivity contribution in [1.29, 1.82) is 0 Å². The first-order valence-corrected chi connectivity index (χ1v) is 5.89. The number of rotatable bonds is 4. The average Bonchev–Trinajstić information content (AvgIpc) is 2.27. The lowest BCUT2D eigenvalue weighted by Gasteiger charge is -2.37. The summed E-state index contributed by atoms with van der Waals surface area (Å²) in [4.78, 5) is 24.0. The molecule has 5 heteroatoms. The zero-order chi connectivity index (χ0) is 13.1. The summed E-state index contributed by atoms with van der Waals surface area (Å²) < 4.78 is 0. The molecule has 1 fully saturated rings. The molecule has 1 aromatic rings. The summed E-state index contributed by atoms with van der Waals surface area (Å²) in [5.41, 5.74) is 6.86. The Morgan fingerprint density at radius 2 is 1.94 bits per heavy atom. The van der Waals surface area contributed by atoms with Gasteiger partial charge in [-0.05, 0) is 5.56 Å². The Balaban J connectivity index is 1.84. The predicted molar refractivity (Wildman–Crippen MR) is 65.7 cm³/mol. The summed E-state index contributed by atoms with van der Waals surface area (Å²) in [6.07, 6.45) is 0.219. The molecule has 1 amide bonds. The van der Waals surface area contributed by atoms with Crippen LogP contribution < -0.4 is 5.73 Å². The normalized spacial score (nSPS) is 17.1. The number of carbonyl (C=O) groups is 2.